The number of hydrogen-bond donors (Lipinski definition) is 3. The first-order valence-corrected chi connectivity index (χ1v) is 11.5. The fourth-order valence-electron chi connectivity index (χ4n) is 4.68. The molecule has 4 N–H and O–H groups in total. The summed E-state index contributed by atoms with van der Waals surface area (Å²) < 4.78 is 0. The first-order valence-electron chi connectivity index (χ1n) is 11.5. The van der Waals surface area contributed by atoms with Crippen LogP contribution in [0.1, 0.15) is 38.3 Å². The fourth-order valence-corrected chi connectivity index (χ4v) is 4.68. The summed E-state index contributed by atoms with van der Waals surface area (Å²) in [7, 11) is 4.05. The average molecular weight is 452 g/mol. The molecular formula is C25H33N5O3. The van der Waals surface area contributed by atoms with E-state index in [-0.39, 0.29) is 18.2 Å². The third-order valence-corrected chi connectivity index (χ3v) is 6.44. The van der Waals surface area contributed by atoms with E-state index >= 15 is 0 Å². The van der Waals surface area contributed by atoms with Crippen LogP contribution in [0, 0.1) is 0 Å². The maximum atomic E-state index is 13.5. The second-order valence-electron chi connectivity index (χ2n) is 8.95. The summed E-state index contributed by atoms with van der Waals surface area (Å²) in [5.74, 6) is -0.365. The first-order chi connectivity index (χ1) is 15.9. The quantitative estimate of drug-likeness (QED) is 0.350. The lowest BCUT2D eigenvalue weighted by atomic mass is 9.81. The summed E-state index contributed by atoms with van der Waals surface area (Å²) in [4.78, 5) is 33.5. The molecule has 0 spiro atoms. The molecule has 1 fully saturated rings. The van der Waals surface area contributed by atoms with Gasteiger partial charge in [0.15, 0.2) is 11.6 Å². The smallest absolute Gasteiger partial charge is 0.196 e. The number of fused-ring (bicyclic) bond motifs is 2. The topological polar surface area (TPSA) is 102 Å². The van der Waals surface area contributed by atoms with E-state index in [0.717, 1.165) is 44.8 Å². The molecule has 1 heterocycles. The van der Waals surface area contributed by atoms with Gasteiger partial charge in [-0.1, -0.05) is 24.3 Å². The largest absolute Gasteiger partial charge is 0.396 e. The number of nitrogens with two attached hydrogens (primary N) is 1. The first kappa shape index (κ1) is 23.2. The number of nitrogens with zero attached hydrogens (tertiary/aromatic N) is 3. The van der Waals surface area contributed by atoms with Crippen molar-refractivity contribution < 1.29 is 14.7 Å². The number of benzene rings is 2. The summed E-state index contributed by atoms with van der Waals surface area (Å²) in [6.45, 7) is 5.47. The molecule has 0 saturated carbocycles. The molecule has 1 aliphatic heterocycles. The van der Waals surface area contributed by atoms with Crippen molar-refractivity contribution in [2.75, 3.05) is 82.5 Å². The average Bonchev–Trinajstić information content (AvgIpc) is 2.81. The molecule has 33 heavy (non-hydrogen) atoms. The Bertz CT molecular complexity index is 1040. The molecular weight excluding hydrogens is 418 g/mol. The summed E-state index contributed by atoms with van der Waals surface area (Å²) in [6, 6.07) is 8.89. The van der Waals surface area contributed by atoms with Gasteiger partial charge in [-0.25, -0.2) is 0 Å². The molecule has 0 atom stereocenters. The van der Waals surface area contributed by atoms with Crippen LogP contribution in [0.4, 0.5) is 17.1 Å². The van der Waals surface area contributed by atoms with Crippen LogP contribution in [-0.2, 0) is 0 Å². The van der Waals surface area contributed by atoms with Gasteiger partial charge in [-0.15, -0.1) is 0 Å². The minimum absolute atomic E-state index is 0.137. The molecule has 2 aromatic carbocycles. The van der Waals surface area contributed by atoms with E-state index in [0.29, 0.717) is 46.7 Å². The zero-order valence-corrected chi connectivity index (χ0v) is 19.4. The van der Waals surface area contributed by atoms with E-state index in [1.807, 2.05) is 20.2 Å². The summed E-state index contributed by atoms with van der Waals surface area (Å²) in [5, 5.41) is 12.6. The molecule has 8 nitrogen and oxygen atoms in total. The fraction of sp³-hybridized carbons (Fsp3) is 0.440. The zero-order chi connectivity index (χ0) is 23.5. The van der Waals surface area contributed by atoms with Crippen LogP contribution < -0.4 is 16.0 Å². The van der Waals surface area contributed by atoms with Crippen LogP contribution in [0.3, 0.4) is 0 Å². The Morgan fingerprint density at radius 3 is 2.27 bits per heavy atom. The number of rotatable bonds is 8. The molecule has 0 aromatic heterocycles. The molecule has 1 aliphatic carbocycles. The lowest BCUT2D eigenvalue weighted by Gasteiger charge is -2.37. The predicted octanol–water partition coefficient (Wildman–Crippen LogP) is 1.52. The molecule has 0 bridgehead atoms. The molecule has 1 saturated heterocycles. The van der Waals surface area contributed by atoms with E-state index in [1.165, 1.54) is 0 Å². The van der Waals surface area contributed by atoms with Gasteiger partial charge in [0.1, 0.15) is 0 Å². The van der Waals surface area contributed by atoms with E-state index in [1.54, 1.807) is 24.3 Å². The van der Waals surface area contributed by atoms with Crippen LogP contribution >= 0.6 is 0 Å². The Labute approximate surface area is 195 Å². The third-order valence-electron chi connectivity index (χ3n) is 6.44. The lowest BCUT2D eigenvalue weighted by molar-refractivity contribution is 0.0980. The summed E-state index contributed by atoms with van der Waals surface area (Å²) in [6.07, 6.45) is 0.903. The van der Waals surface area contributed by atoms with Gasteiger partial charge < -0.3 is 26.0 Å². The highest BCUT2D eigenvalue weighted by atomic mass is 16.3. The van der Waals surface area contributed by atoms with Crippen LogP contribution in [-0.4, -0.2) is 93.0 Å². The molecule has 0 amide bonds. The Morgan fingerprint density at radius 1 is 1.03 bits per heavy atom. The molecule has 0 radical (unpaired) electrons. The Balaban J connectivity index is 1.73. The van der Waals surface area contributed by atoms with Crippen molar-refractivity contribution in [1.82, 2.24) is 9.80 Å². The van der Waals surface area contributed by atoms with Gasteiger partial charge in [-0.2, -0.15) is 0 Å². The van der Waals surface area contributed by atoms with Gasteiger partial charge in [0.05, 0.1) is 29.1 Å². The number of β-amino-alcohol motifs (C(OH)–C–C–N with tert-alkyl or cyclic N) is 1. The van der Waals surface area contributed by atoms with Gasteiger partial charge in [0, 0.05) is 56.1 Å². The van der Waals surface area contributed by atoms with Crippen molar-refractivity contribution in [2.24, 2.45) is 0 Å². The van der Waals surface area contributed by atoms with Gasteiger partial charge in [0.2, 0.25) is 0 Å². The molecule has 4 rings (SSSR count). The monoisotopic (exact) mass is 451 g/mol. The SMILES string of the molecule is CN(C)CCCNc1cc(N2CCN(CCO)CC2)c(N)c2c1C(=O)c1ccccc1C2=O. The Hall–Kier alpha value is -2.94. The standard InChI is InChI=1S/C25H33N5O3/c1-28(2)9-5-8-27-19-16-20(30-12-10-29(11-13-30)14-15-31)23(26)22-21(19)24(32)17-6-3-4-7-18(17)25(22)33/h3-4,6-7,16,27,31H,5,8-15,26H2,1-2H3. The zero-order valence-electron chi connectivity index (χ0n) is 19.4. The molecule has 0 unspecified atom stereocenters. The van der Waals surface area contributed by atoms with Crippen LogP contribution in [0.5, 0.6) is 0 Å². The predicted molar refractivity (Wildman–Crippen MR) is 132 cm³/mol. The van der Waals surface area contributed by atoms with Crippen molar-refractivity contribution in [3.63, 3.8) is 0 Å². The number of ketones is 2. The van der Waals surface area contributed by atoms with Crippen molar-refractivity contribution >= 4 is 28.6 Å². The highest BCUT2D eigenvalue weighted by Crippen LogP contribution is 2.41. The van der Waals surface area contributed by atoms with Crippen LogP contribution in [0.25, 0.3) is 0 Å². The van der Waals surface area contributed by atoms with Crippen molar-refractivity contribution in [3.05, 3.63) is 52.6 Å². The van der Waals surface area contributed by atoms with E-state index in [2.05, 4.69) is 20.0 Å². The number of carbonyl (C=O) groups excluding carboxylic acids is 2. The third kappa shape index (κ3) is 4.59. The summed E-state index contributed by atoms with van der Waals surface area (Å²) >= 11 is 0. The van der Waals surface area contributed by atoms with E-state index in [4.69, 9.17) is 5.73 Å². The number of hydrogen-bond acceptors (Lipinski definition) is 8. The number of nitrogen functional groups attached to an aromatic ring is 1. The minimum Gasteiger partial charge on any atom is -0.396 e. The van der Waals surface area contributed by atoms with Crippen molar-refractivity contribution in [1.29, 1.82) is 0 Å². The highest BCUT2D eigenvalue weighted by Gasteiger charge is 2.35. The van der Waals surface area contributed by atoms with Gasteiger partial charge in [-0.3, -0.25) is 14.5 Å². The van der Waals surface area contributed by atoms with E-state index in [9.17, 15) is 14.7 Å². The Kier molecular flexibility index (Phi) is 6.97. The molecule has 8 heteroatoms. The number of aliphatic hydroxyl groups is 1. The maximum Gasteiger partial charge on any atom is 0.196 e. The van der Waals surface area contributed by atoms with Crippen LogP contribution in [0.2, 0.25) is 0 Å². The van der Waals surface area contributed by atoms with Gasteiger partial charge in [-0.05, 0) is 33.1 Å². The number of nitrogens with one attached hydrogen (secondary N) is 1. The highest BCUT2D eigenvalue weighted by molar-refractivity contribution is 6.32. The number of anilines is 3. The van der Waals surface area contributed by atoms with E-state index < -0.39 is 0 Å². The molecule has 176 valence electrons. The number of piperazine rings is 1. The number of aliphatic hydroxyl groups excluding tert-OH is 1. The minimum atomic E-state index is -0.199. The maximum absolute atomic E-state index is 13.5. The van der Waals surface area contributed by atoms with Crippen LogP contribution in [0.15, 0.2) is 30.3 Å². The van der Waals surface area contributed by atoms with Crippen molar-refractivity contribution in [2.45, 2.75) is 6.42 Å². The van der Waals surface area contributed by atoms with Gasteiger partial charge in [0.25, 0.3) is 0 Å². The second kappa shape index (κ2) is 9.91. The number of carbonyl (C=O) groups is 2. The normalized spacial score (nSPS) is 16.2. The summed E-state index contributed by atoms with van der Waals surface area (Å²) in [5.41, 5.74) is 9.94. The molecule has 2 aliphatic rings. The Morgan fingerprint density at radius 2 is 1.67 bits per heavy atom. The second-order valence-corrected chi connectivity index (χ2v) is 8.95. The molecule has 2 aromatic rings. The van der Waals surface area contributed by atoms with Crippen molar-refractivity contribution in [3.8, 4) is 0 Å². The lowest BCUT2D eigenvalue weighted by Crippen LogP contribution is -2.47. The van der Waals surface area contributed by atoms with Gasteiger partial charge >= 0.3 is 0 Å².